The Kier molecular flexibility index (Phi) is 3.36. The zero-order chi connectivity index (χ0) is 10.9. The normalized spacial score (nSPS) is 37.0. The Morgan fingerprint density at radius 2 is 1.87 bits per heavy atom. The van der Waals surface area contributed by atoms with Gasteiger partial charge in [0.25, 0.3) is 0 Å². The van der Waals surface area contributed by atoms with Gasteiger partial charge >= 0.3 is 0 Å². The van der Waals surface area contributed by atoms with Crippen LogP contribution >= 0.6 is 0 Å². The van der Waals surface area contributed by atoms with Crippen molar-refractivity contribution in [2.75, 3.05) is 46.8 Å². The van der Waals surface area contributed by atoms with Crippen molar-refractivity contribution in [2.24, 2.45) is 11.8 Å². The molecule has 0 bridgehead atoms. The molecule has 0 aromatic rings. The lowest BCUT2D eigenvalue weighted by Crippen LogP contribution is -2.57. The van der Waals surface area contributed by atoms with Crippen LogP contribution < -0.4 is 0 Å². The first-order valence-corrected chi connectivity index (χ1v) is 6.59. The van der Waals surface area contributed by atoms with Gasteiger partial charge in [-0.05, 0) is 25.8 Å². The number of rotatable bonds is 2. The van der Waals surface area contributed by atoms with Crippen LogP contribution in [0.2, 0.25) is 0 Å². The minimum atomic E-state index is 0.995. The fourth-order valence-corrected chi connectivity index (χ4v) is 3.34. The van der Waals surface area contributed by atoms with Gasteiger partial charge in [-0.2, -0.15) is 0 Å². The lowest BCUT2D eigenvalue weighted by Gasteiger charge is -2.42. The van der Waals surface area contributed by atoms with Crippen molar-refractivity contribution in [3.05, 3.63) is 0 Å². The molecule has 2 fully saturated rings. The van der Waals surface area contributed by atoms with Crippen molar-refractivity contribution in [1.82, 2.24) is 4.90 Å². The summed E-state index contributed by atoms with van der Waals surface area (Å²) in [6, 6.07) is 0. The molecule has 1 aliphatic carbocycles. The van der Waals surface area contributed by atoms with Gasteiger partial charge in [0.1, 0.15) is 0 Å². The minimum absolute atomic E-state index is 0.995. The van der Waals surface area contributed by atoms with E-state index in [1.54, 1.807) is 0 Å². The van der Waals surface area contributed by atoms with Gasteiger partial charge < -0.3 is 4.48 Å². The van der Waals surface area contributed by atoms with E-state index >= 15 is 0 Å². The third-order valence-corrected chi connectivity index (χ3v) is 4.55. The lowest BCUT2D eigenvalue weighted by atomic mass is 10.0. The highest BCUT2D eigenvalue weighted by atomic mass is 15.4. The van der Waals surface area contributed by atoms with Crippen LogP contribution in [0.1, 0.15) is 26.2 Å². The smallest absolute Gasteiger partial charge is 0.0914 e. The average Bonchev–Trinajstić information content (AvgIpc) is 2.57. The van der Waals surface area contributed by atoms with Crippen molar-refractivity contribution in [1.29, 1.82) is 0 Å². The molecule has 88 valence electrons. The molecule has 2 nitrogen and oxygen atoms in total. The molecule has 2 rings (SSSR count). The second-order valence-corrected chi connectivity index (χ2v) is 6.34. The first-order valence-electron chi connectivity index (χ1n) is 6.59. The van der Waals surface area contributed by atoms with E-state index in [2.05, 4.69) is 25.9 Å². The maximum absolute atomic E-state index is 2.47. The van der Waals surface area contributed by atoms with Crippen molar-refractivity contribution in [3.8, 4) is 0 Å². The summed E-state index contributed by atoms with van der Waals surface area (Å²) >= 11 is 0. The van der Waals surface area contributed by atoms with Gasteiger partial charge in [0.05, 0.1) is 26.7 Å². The van der Waals surface area contributed by atoms with Crippen molar-refractivity contribution >= 4 is 0 Å². The SMILES string of the molecule is CC1CCC(C[N+]2(C)CCN(C)CC2)C1. The molecule has 2 aliphatic rings. The molecule has 1 saturated heterocycles. The zero-order valence-corrected chi connectivity index (χ0v) is 10.7. The molecule has 0 N–H and O–H groups in total. The largest absolute Gasteiger partial charge is 0.324 e. The number of nitrogens with zero attached hydrogens (tertiary/aromatic N) is 2. The van der Waals surface area contributed by atoms with Crippen LogP contribution in [0.3, 0.4) is 0 Å². The van der Waals surface area contributed by atoms with E-state index in [0.29, 0.717) is 0 Å². The number of hydrogen-bond donors (Lipinski definition) is 0. The van der Waals surface area contributed by atoms with Crippen LogP contribution in [-0.4, -0.2) is 56.2 Å². The summed E-state index contributed by atoms with van der Waals surface area (Å²) in [5.41, 5.74) is 0. The van der Waals surface area contributed by atoms with E-state index in [-0.39, 0.29) is 0 Å². The molecular formula is C13H27N2+. The molecule has 1 aliphatic heterocycles. The Labute approximate surface area is 94.8 Å². The van der Waals surface area contributed by atoms with Crippen LogP contribution in [-0.2, 0) is 0 Å². The Morgan fingerprint density at radius 3 is 2.40 bits per heavy atom. The summed E-state index contributed by atoms with van der Waals surface area (Å²) in [5, 5.41) is 0. The van der Waals surface area contributed by atoms with E-state index in [0.717, 1.165) is 11.8 Å². The van der Waals surface area contributed by atoms with Gasteiger partial charge in [-0.3, -0.25) is 4.90 Å². The highest BCUT2D eigenvalue weighted by Crippen LogP contribution is 2.32. The Bertz CT molecular complexity index is 207. The maximum Gasteiger partial charge on any atom is 0.0914 e. The highest BCUT2D eigenvalue weighted by molar-refractivity contribution is 4.73. The first-order chi connectivity index (χ1) is 7.07. The van der Waals surface area contributed by atoms with Crippen molar-refractivity contribution in [2.45, 2.75) is 26.2 Å². The van der Waals surface area contributed by atoms with Crippen molar-refractivity contribution in [3.63, 3.8) is 0 Å². The molecule has 2 atom stereocenters. The van der Waals surface area contributed by atoms with Gasteiger partial charge in [0, 0.05) is 19.0 Å². The van der Waals surface area contributed by atoms with Crippen LogP contribution in [0.4, 0.5) is 0 Å². The Hall–Kier alpha value is -0.0800. The van der Waals surface area contributed by atoms with Gasteiger partial charge in [-0.1, -0.05) is 13.3 Å². The summed E-state index contributed by atoms with van der Waals surface area (Å²) in [4.78, 5) is 2.47. The van der Waals surface area contributed by atoms with E-state index in [4.69, 9.17) is 0 Å². The fourth-order valence-electron chi connectivity index (χ4n) is 3.34. The number of piperazine rings is 1. The van der Waals surface area contributed by atoms with E-state index < -0.39 is 0 Å². The van der Waals surface area contributed by atoms with E-state index in [1.165, 1.54) is 56.5 Å². The molecule has 1 saturated carbocycles. The maximum atomic E-state index is 2.47. The first kappa shape index (κ1) is 11.4. The summed E-state index contributed by atoms with van der Waals surface area (Å²) in [5.74, 6) is 2.02. The standard InChI is InChI=1S/C13H27N2/c1-12-4-5-13(10-12)11-15(3)8-6-14(2)7-9-15/h12-13H,4-11H2,1-3H3/q+1. The van der Waals surface area contributed by atoms with Crippen molar-refractivity contribution < 1.29 is 4.48 Å². The Morgan fingerprint density at radius 1 is 1.20 bits per heavy atom. The predicted octanol–water partition coefficient (Wildman–Crippen LogP) is 1.81. The van der Waals surface area contributed by atoms with Gasteiger partial charge in [0.2, 0.25) is 0 Å². The van der Waals surface area contributed by atoms with E-state index in [9.17, 15) is 0 Å². The predicted molar refractivity (Wildman–Crippen MR) is 64.8 cm³/mol. The molecule has 0 aromatic carbocycles. The molecular weight excluding hydrogens is 184 g/mol. The summed E-state index contributed by atoms with van der Waals surface area (Å²) in [7, 11) is 4.72. The quantitative estimate of drug-likeness (QED) is 0.630. The molecule has 0 aromatic heterocycles. The summed E-state index contributed by atoms with van der Waals surface area (Å²) in [6.07, 6.45) is 4.46. The van der Waals surface area contributed by atoms with Crippen LogP contribution in [0.15, 0.2) is 0 Å². The molecule has 1 heterocycles. The van der Waals surface area contributed by atoms with Crippen LogP contribution in [0.5, 0.6) is 0 Å². The Balaban J connectivity index is 1.82. The molecule has 2 unspecified atom stereocenters. The minimum Gasteiger partial charge on any atom is -0.324 e. The second kappa shape index (κ2) is 4.42. The number of likely N-dealkylation sites (N-methyl/N-ethyl adjacent to an activating group) is 2. The van der Waals surface area contributed by atoms with E-state index in [1.807, 2.05) is 0 Å². The molecule has 0 amide bonds. The second-order valence-electron chi connectivity index (χ2n) is 6.34. The monoisotopic (exact) mass is 211 g/mol. The number of hydrogen-bond acceptors (Lipinski definition) is 1. The van der Waals surface area contributed by atoms with Gasteiger partial charge in [-0.15, -0.1) is 0 Å². The highest BCUT2D eigenvalue weighted by Gasteiger charge is 2.32. The molecule has 2 heteroatoms. The van der Waals surface area contributed by atoms with Gasteiger partial charge in [0.15, 0.2) is 0 Å². The molecule has 0 radical (unpaired) electrons. The average molecular weight is 211 g/mol. The van der Waals surface area contributed by atoms with Crippen LogP contribution in [0.25, 0.3) is 0 Å². The summed E-state index contributed by atoms with van der Waals surface area (Å²) in [6.45, 7) is 9.17. The molecule has 15 heavy (non-hydrogen) atoms. The topological polar surface area (TPSA) is 3.24 Å². The van der Waals surface area contributed by atoms with Crippen LogP contribution in [0, 0.1) is 11.8 Å². The lowest BCUT2D eigenvalue weighted by molar-refractivity contribution is -0.916. The molecule has 0 spiro atoms. The summed E-state index contributed by atoms with van der Waals surface area (Å²) < 4.78 is 1.34. The fraction of sp³-hybridized carbons (Fsp3) is 1.00. The van der Waals surface area contributed by atoms with Gasteiger partial charge in [-0.25, -0.2) is 0 Å². The third kappa shape index (κ3) is 2.94. The zero-order valence-electron chi connectivity index (χ0n) is 10.7. The third-order valence-electron chi connectivity index (χ3n) is 4.55. The number of quaternary nitrogens is 1.